The van der Waals surface area contributed by atoms with Crippen molar-refractivity contribution in [1.29, 1.82) is 0 Å². The van der Waals surface area contributed by atoms with Gasteiger partial charge in [-0.2, -0.15) is 0 Å². The molecule has 3 heteroatoms. The normalized spacial score (nSPS) is 13.4. The first-order valence-corrected chi connectivity index (χ1v) is 5.06. The van der Waals surface area contributed by atoms with Gasteiger partial charge in [-0.3, -0.25) is 0 Å². The summed E-state index contributed by atoms with van der Waals surface area (Å²) in [5.74, 6) is 0.266. The van der Waals surface area contributed by atoms with Gasteiger partial charge in [0.25, 0.3) is 0 Å². The molecule has 1 unspecified atom stereocenters. The van der Waals surface area contributed by atoms with Gasteiger partial charge in [-0.1, -0.05) is 30.4 Å². The fourth-order valence-corrected chi connectivity index (χ4v) is 1.58. The third-order valence-electron chi connectivity index (χ3n) is 2.36. The van der Waals surface area contributed by atoms with Crippen LogP contribution >= 0.6 is 0 Å². The Morgan fingerprint density at radius 1 is 1.38 bits per heavy atom. The highest BCUT2D eigenvalue weighted by Gasteiger charge is 2.09. The molecule has 1 atom stereocenters. The third-order valence-corrected chi connectivity index (χ3v) is 2.36. The summed E-state index contributed by atoms with van der Waals surface area (Å²) in [6.07, 6.45) is 2.40. The van der Waals surface area contributed by atoms with E-state index in [0.29, 0.717) is 5.39 Å². The molecule has 0 fully saturated rings. The lowest BCUT2D eigenvalue weighted by atomic mass is 10.1. The molecule has 0 bridgehead atoms. The minimum Gasteiger partial charge on any atom is -0.424 e. The van der Waals surface area contributed by atoms with E-state index >= 15 is 0 Å². The van der Waals surface area contributed by atoms with Crippen molar-refractivity contribution in [2.24, 2.45) is 0 Å². The summed E-state index contributed by atoms with van der Waals surface area (Å²) in [4.78, 5) is 11.6. The molecular formula is C13H12O3. The SMILES string of the molecule is CC=CC(O)c1cc2ccccc2c(=O)o1. The van der Waals surface area contributed by atoms with Crippen LogP contribution in [0.3, 0.4) is 0 Å². The Labute approximate surface area is 92.6 Å². The quantitative estimate of drug-likeness (QED) is 0.784. The zero-order valence-electron chi connectivity index (χ0n) is 8.88. The van der Waals surface area contributed by atoms with Crippen LogP contribution in [-0.2, 0) is 0 Å². The van der Waals surface area contributed by atoms with Crippen LogP contribution in [0.4, 0.5) is 0 Å². The van der Waals surface area contributed by atoms with Gasteiger partial charge in [0.15, 0.2) is 0 Å². The first-order chi connectivity index (χ1) is 7.72. The van der Waals surface area contributed by atoms with Gasteiger partial charge in [0.2, 0.25) is 0 Å². The Hall–Kier alpha value is -1.87. The number of rotatable bonds is 2. The maximum atomic E-state index is 11.6. The summed E-state index contributed by atoms with van der Waals surface area (Å²) in [5, 5.41) is 11.0. The average Bonchev–Trinajstić information content (AvgIpc) is 2.29. The van der Waals surface area contributed by atoms with Crippen molar-refractivity contribution < 1.29 is 9.52 Å². The number of allylic oxidation sites excluding steroid dienone is 1. The number of fused-ring (bicyclic) bond motifs is 1. The predicted octanol–water partition coefficient (Wildman–Crippen LogP) is 2.40. The lowest BCUT2D eigenvalue weighted by molar-refractivity contribution is 0.192. The van der Waals surface area contributed by atoms with Crippen LogP contribution in [-0.4, -0.2) is 5.11 Å². The number of hydrogen-bond donors (Lipinski definition) is 1. The van der Waals surface area contributed by atoms with Gasteiger partial charge in [-0.25, -0.2) is 4.79 Å². The smallest absolute Gasteiger partial charge is 0.343 e. The highest BCUT2D eigenvalue weighted by atomic mass is 16.4. The van der Waals surface area contributed by atoms with Crippen molar-refractivity contribution in [3.05, 3.63) is 58.7 Å². The van der Waals surface area contributed by atoms with Crippen molar-refractivity contribution in [1.82, 2.24) is 0 Å². The van der Waals surface area contributed by atoms with Gasteiger partial charge >= 0.3 is 5.63 Å². The maximum absolute atomic E-state index is 11.6. The number of benzene rings is 1. The molecule has 1 aromatic heterocycles. The molecule has 2 rings (SSSR count). The number of hydrogen-bond acceptors (Lipinski definition) is 3. The Balaban J connectivity index is 2.62. The van der Waals surface area contributed by atoms with E-state index in [1.54, 1.807) is 37.3 Å². The molecule has 0 spiro atoms. The zero-order chi connectivity index (χ0) is 11.5. The second kappa shape index (κ2) is 4.33. The Bertz CT molecular complexity index is 581. The summed E-state index contributed by atoms with van der Waals surface area (Å²) in [6.45, 7) is 1.79. The maximum Gasteiger partial charge on any atom is 0.343 e. The molecule has 1 heterocycles. The molecule has 0 aliphatic rings. The first kappa shape index (κ1) is 10.6. The molecule has 0 radical (unpaired) electrons. The molecule has 82 valence electrons. The van der Waals surface area contributed by atoms with Gasteiger partial charge in [0, 0.05) is 0 Å². The van der Waals surface area contributed by atoms with Gasteiger partial charge in [0.05, 0.1) is 5.39 Å². The minimum atomic E-state index is -0.873. The van der Waals surface area contributed by atoms with Crippen molar-refractivity contribution in [2.45, 2.75) is 13.0 Å². The third kappa shape index (κ3) is 1.90. The molecule has 0 aliphatic heterocycles. The van der Waals surface area contributed by atoms with E-state index < -0.39 is 11.7 Å². The van der Waals surface area contributed by atoms with E-state index in [2.05, 4.69) is 0 Å². The summed E-state index contributed by atoms with van der Waals surface area (Å²) >= 11 is 0. The van der Waals surface area contributed by atoms with Crippen molar-refractivity contribution in [2.75, 3.05) is 0 Å². The number of aliphatic hydroxyl groups excluding tert-OH is 1. The zero-order valence-corrected chi connectivity index (χ0v) is 8.88. The van der Waals surface area contributed by atoms with Crippen LogP contribution in [0, 0.1) is 0 Å². The molecule has 0 amide bonds. The van der Waals surface area contributed by atoms with E-state index in [0.717, 1.165) is 5.39 Å². The van der Waals surface area contributed by atoms with E-state index in [1.807, 2.05) is 12.1 Å². The van der Waals surface area contributed by atoms with Gasteiger partial charge in [-0.05, 0) is 24.4 Å². The monoisotopic (exact) mass is 216 g/mol. The van der Waals surface area contributed by atoms with E-state index in [9.17, 15) is 9.90 Å². The lowest BCUT2D eigenvalue weighted by Gasteiger charge is -2.05. The lowest BCUT2D eigenvalue weighted by Crippen LogP contribution is -2.04. The van der Waals surface area contributed by atoms with Gasteiger partial charge in [0.1, 0.15) is 11.9 Å². The predicted molar refractivity (Wildman–Crippen MR) is 62.3 cm³/mol. The van der Waals surface area contributed by atoms with Crippen LogP contribution in [0.1, 0.15) is 18.8 Å². The molecule has 1 N–H and O–H groups in total. The van der Waals surface area contributed by atoms with E-state index in [1.165, 1.54) is 0 Å². The van der Waals surface area contributed by atoms with Crippen molar-refractivity contribution >= 4 is 10.8 Å². The highest BCUT2D eigenvalue weighted by Crippen LogP contribution is 2.17. The summed E-state index contributed by atoms with van der Waals surface area (Å²) in [5.41, 5.74) is -0.420. The topological polar surface area (TPSA) is 50.4 Å². The largest absolute Gasteiger partial charge is 0.424 e. The second-order valence-corrected chi connectivity index (χ2v) is 3.49. The first-order valence-electron chi connectivity index (χ1n) is 5.06. The van der Waals surface area contributed by atoms with Crippen molar-refractivity contribution in [3.8, 4) is 0 Å². The Morgan fingerprint density at radius 3 is 2.88 bits per heavy atom. The fraction of sp³-hybridized carbons (Fsp3) is 0.154. The van der Waals surface area contributed by atoms with Crippen LogP contribution < -0.4 is 5.63 Å². The molecule has 16 heavy (non-hydrogen) atoms. The summed E-state index contributed by atoms with van der Waals surface area (Å²) in [6, 6.07) is 8.82. The van der Waals surface area contributed by atoms with E-state index in [-0.39, 0.29) is 5.76 Å². The molecule has 0 aliphatic carbocycles. The van der Waals surface area contributed by atoms with Crippen molar-refractivity contribution in [3.63, 3.8) is 0 Å². The van der Waals surface area contributed by atoms with Gasteiger partial charge < -0.3 is 9.52 Å². The Morgan fingerprint density at radius 2 is 2.12 bits per heavy atom. The average molecular weight is 216 g/mol. The standard InChI is InChI=1S/C13H12O3/c1-2-5-11(14)12-8-9-6-3-4-7-10(9)13(15)16-12/h2-8,11,14H,1H3. The van der Waals surface area contributed by atoms with Crippen LogP contribution in [0.15, 0.2) is 51.7 Å². The second-order valence-electron chi connectivity index (χ2n) is 3.49. The summed E-state index contributed by atoms with van der Waals surface area (Å²) in [7, 11) is 0. The fourth-order valence-electron chi connectivity index (χ4n) is 1.58. The Kier molecular flexibility index (Phi) is 2.88. The molecular weight excluding hydrogens is 204 g/mol. The number of aliphatic hydroxyl groups is 1. The highest BCUT2D eigenvalue weighted by molar-refractivity contribution is 5.81. The van der Waals surface area contributed by atoms with Crippen LogP contribution in [0.2, 0.25) is 0 Å². The van der Waals surface area contributed by atoms with Crippen LogP contribution in [0.5, 0.6) is 0 Å². The minimum absolute atomic E-state index is 0.266. The molecule has 0 saturated heterocycles. The van der Waals surface area contributed by atoms with Gasteiger partial charge in [-0.15, -0.1) is 0 Å². The van der Waals surface area contributed by atoms with E-state index in [4.69, 9.17) is 4.42 Å². The van der Waals surface area contributed by atoms with Crippen LogP contribution in [0.25, 0.3) is 10.8 Å². The molecule has 0 saturated carbocycles. The molecule has 2 aromatic rings. The summed E-state index contributed by atoms with van der Waals surface area (Å²) < 4.78 is 5.05. The molecule has 1 aromatic carbocycles. The molecule has 3 nitrogen and oxygen atoms in total.